The Morgan fingerprint density at radius 1 is 1.53 bits per heavy atom. The molecule has 0 aromatic heterocycles. The molecule has 1 aliphatic heterocycles. The van der Waals surface area contributed by atoms with Gasteiger partial charge >= 0.3 is 0 Å². The van der Waals surface area contributed by atoms with Crippen LogP contribution in [0.15, 0.2) is 18.2 Å². The summed E-state index contributed by atoms with van der Waals surface area (Å²) in [4.78, 5) is 11.4. The molecule has 1 heterocycles. The zero-order valence-corrected chi connectivity index (χ0v) is 12.0. The Labute approximate surface area is 120 Å². The molecule has 0 fully saturated rings. The molecule has 1 amide bonds. The zero-order chi connectivity index (χ0) is 13.0. The van der Waals surface area contributed by atoms with Crippen molar-refractivity contribution in [3.05, 3.63) is 29.3 Å². The lowest BCUT2D eigenvalue weighted by Crippen LogP contribution is -2.31. The van der Waals surface area contributed by atoms with Gasteiger partial charge in [0.1, 0.15) is 5.75 Å². The van der Waals surface area contributed by atoms with Gasteiger partial charge in [-0.25, -0.2) is 0 Å². The van der Waals surface area contributed by atoms with Crippen molar-refractivity contribution < 1.29 is 9.53 Å². The van der Waals surface area contributed by atoms with Crippen LogP contribution in [0.25, 0.3) is 0 Å². The van der Waals surface area contributed by atoms with Crippen LogP contribution in [0.4, 0.5) is 0 Å². The van der Waals surface area contributed by atoms with E-state index in [2.05, 4.69) is 17.4 Å². The van der Waals surface area contributed by atoms with E-state index in [1.165, 1.54) is 11.1 Å². The number of nitrogens with one attached hydrogen (secondary N) is 1. The molecular formula is C14H21ClN2O2. The number of carbonyl (C=O) groups excluding carboxylic acids is 1. The fourth-order valence-electron chi connectivity index (χ4n) is 2.11. The molecule has 0 spiro atoms. The SMILES string of the molecule is CC(N)CC(=O)NCCc1ccc2c(c1)CCO2.Cl. The van der Waals surface area contributed by atoms with Gasteiger partial charge in [0.15, 0.2) is 0 Å². The van der Waals surface area contributed by atoms with Crippen LogP contribution in [0.2, 0.25) is 0 Å². The second kappa shape index (κ2) is 7.36. The molecule has 0 radical (unpaired) electrons. The first-order chi connectivity index (χ1) is 8.65. The third kappa shape index (κ3) is 4.73. The highest BCUT2D eigenvalue weighted by atomic mass is 35.5. The summed E-state index contributed by atoms with van der Waals surface area (Å²) in [7, 11) is 0. The van der Waals surface area contributed by atoms with E-state index in [1.54, 1.807) is 0 Å². The Morgan fingerprint density at radius 3 is 3.05 bits per heavy atom. The van der Waals surface area contributed by atoms with E-state index in [4.69, 9.17) is 10.5 Å². The molecular weight excluding hydrogens is 264 g/mol. The molecule has 1 atom stereocenters. The summed E-state index contributed by atoms with van der Waals surface area (Å²) in [6.45, 7) is 3.27. The molecule has 0 saturated heterocycles. The van der Waals surface area contributed by atoms with Crippen LogP contribution in [0.3, 0.4) is 0 Å². The number of halogens is 1. The standard InChI is InChI=1S/C14H20N2O2.ClH/c1-10(15)8-14(17)16-6-4-11-2-3-13-12(9-11)5-7-18-13;/h2-3,9-10H,4-8,15H2,1H3,(H,16,17);1H. The lowest BCUT2D eigenvalue weighted by Gasteiger charge is -2.08. The minimum Gasteiger partial charge on any atom is -0.493 e. The van der Waals surface area contributed by atoms with Gasteiger partial charge in [0.05, 0.1) is 6.61 Å². The summed E-state index contributed by atoms with van der Waals surface area (Å²) in [5.41, 5.74) is 8.07. The van der Waals surface area contributed by atoms with Gasteiger partial charge in [0.25, 0.3) is 0 Å². The fourth-order valence-corrected chi connectivity index (χ4v) is 2.11. The van der Waals surface area contributed by atoms with Crippen LogP contribution in [0.1, 0.15) is 24.5 Å². The van der Waals surface area contributed by atoms with Crippen molar-refractivity contribution in [2.75, 3.05) is 13.2 Å². The molecule has 3 N–H and O–H groups in total. The van der Waals surface area contributed by atoms with E-state index in [0.29, 0.717) is 13.0 Å². The van der Waals surface area contributed by atoms with E-state index in [1.807, 2.05) is 13.0 Å². The van der Waals surface area contributed by atoms with E-state index >= 15 is 0 Å². The summed E-state index contributed by atoms with van der Waals surface area (Å²) >= 11 is 0. The molecule has 2 rings (SSSR count). The largest absolute Gasteiger partial charge is 0.493 e. The van der Waals surface area contributed by atoms with Crippen molar-refractivity contribution >= 4 is 18.3 Å². The molecule has 106 valence electrons. The lowest BCUT2D eigenvalue weighted by atomic mass is 10.1. The van der Waals surface area contributed by atoms with E-state index in [9.17, 15) is 4.79 Å². The Morgan fingerprint density at radius 2 is 2.32 bits per heavy atom. The van der Waals surface area contributed by atoms with E-state index < -0.39 is 0 Å². The van der Waals surface area contributed by atoms with Crippen molar-refractivity contribution in [2.45, 2.75) is 32.2 Å². The van der Waals surface area contributed by atoms with Crippen molar-refractivity contribution in [2.24, 2.45) is 5.73 Å². The van der Waals surface area contributed by atoms with Gasteiger partial charge in [-0.15, -0.1) is 12.4 Å². The monoisotopic (exact) mass is 284 g/mol. The smallest absolute Gasteiger partial charge is 0.221 e. The maximum absolute atomic E-state index is 11.4. The molecule has 5 heteroatoms. The third-order valence-electron chi connectivity index (χ3n) is 3.00. The van der Waals surface area contributed by atoms with Gasteiger partial charge in [0, 0.05) is 25.4 Å². The normalized spacial score (nSPS) is 14.0. The first-order valence-electron chi connectivity index (χ1n) is 6.42. The van der Waals surface area contributed by atoms with Gasteiger partial charge in [-0.3, -0.25) is 4.79 Å². The van der Waals surface area contributed by atoms with Gasteiger partial charge in [-0.2, -0.15) is 0 Å². The Bertz CT molecular complexity index is 435. The minimum absolute atomic E-state index is 0. The summed E-state index contributed by atoms with van der Waals surface area (Å²) in [5.74, 6) is 1.02. The van der Waals surface area contributed by atoms with Crippen LogP contribution >= 0.6 is 12.4 Å². The lowest BCUT2D eigenvalue weighted by molar-refractivity contribution is -0.121. The summed E-state index contributed by atoms with van der Waals surface area (Å²) in [6, 6.07) is 6.16. The maximum Gasteiger partial charge on any atom is 0.221 e. The Balaban J connectivity index is 0.00000180. The number of fused-ring (bicyclic) bond motifs is 1. The van der Waals surface area contributed by atoms with E-state index in [-0.39, 0.29) is 24.4 Å². The zero-order valence-electron chi connectivity index (χ0n) is 11.1. The third-order valence-corrected chi connectivity index (χ3v) is 3.00. The molecule has 19 heavy (non-hydrogen) atoms. The molecule has 0 saturated carbocycles. The first kappa shape index (κ1) is 15.8. The highest BCUT2D eigenvalue weighted by Crippen LogP contribution is 2.25. The summed E-state index contributed by atoms with van der Waals surface area (Å²) < 4.78 is 5.46. The predicted octanol–water partition coefficient (Wildman–Crippen LogP) is 1.44. The van der Waals surface area contributed by atoms with Crippen molar-refractivity contribution in [3.8, 4) is 5.75 Å². The Kier molecular flexibility index (Phi) is 6.12. The number of amides is 1. The second-order valence-electron chi connectivity index (χ2n) is 4.82. The molecule has 0 bridgehead atoms. The number of carbonyl (C=O) groups is 1. The molecule has 1 unspecified atom stereocenters. The Hall–Kier alpha value is -1.26. The van der Waals surface area contributed by atoms with Crippen LogP contribution in [0, 0.1) is 0 Å². The number of rotatable bonds is 5. The molecule has 1 aromatic rings. The van der Waals surface area contributed by atoms with Gasteiger partial charge < -0.3 is 15.8 Å². The maximum atomic E-state index is 11.4. The fraction of sp³-hybridized carbons (Fsp3) is 0.500. The molecule has 1 aromatic carbocycles. The highest BCUT2D eigenvalue weighted by Gasteiger charge is 2.11. The number of hydrogen-bond donors (Lipinski definition) is 2. The average Bonchev–Trinajstić information content (AvgIpc) is 2.75. The number of ether oxygens (including phenoxy) is 1. The van der Waals surface area contributed by atoms with Gasteiger partial charge in [0.2, 0.25) is 5.91 Å². The van der Waals surface area contributed by atoms with Crippen molar-refractivity contribution in [3.63, 3.8) is 0 Å². The molecule has 4 nitrogen and oxygen atoms in total. The van der Waals surface area contributed by atoms with Crippen LogP contribution < -0.4 is 15.8 Å². The highest BCUT2D eigenvalue weighted by molar-refractivity contribution is 5.85. The minimum atomic E-state index is -0.0813. The van der Waals surface area contributed by atoms with Crippen LogP contribution in [-0.2, 0) is 17.6 Å². The number of hydrogen-bond acceptors (Lipinski definition) is 3. The van der Waals surface area contributed by atoms with Gasteiger partial charge in [-0.1, -0.05) is 12.1 Å². The first-order valence-corrected chi connectivity index (χ1v) is 6.42. The van der Waals surface area contributed by atoms with Crippen molar-refractivity contribution in [1.82, 2.24) is 5.32 Å². The second-order valence-corrected chi connectivity index (χ2v) is 4.82. The van der Waals surface area contributed by atoms with E-state index in [0.717, 1.165) is 25.2 Å². The summed E-state index contributed by atoms with van der Waals surface area (Å²) in [6.07, 6.45) is 2.22. The predicted molar refractivity (Wildman–Crippen MR) is 77.9 cm³/mol. The quantitative estimate of drug-likeness (QED) is 0.860. The van der Waals surface area contributed by atoms with Gasteiger partial charge in [-0.05, 0) is 30.5 Å². The van der Waals surface area contributed by atoms with Crippen LogP contribution in [-0.4, -0.2) is 25.1 Å². The number of benzene rings is 1. The van der Waals surface area contributed by atoms with Crippen molar-refractivity contribution in [1.29, 1.82) is 0 Å². The number of nitrogens with two attached hydrogens (primary N) is 1. The van der Waals surface area contributed by atoms with Crippen LogP contribution in [0.5, 0.6) is 5.75 Å². The summed E-state index contributed by atoms with van der Waals surface area (Å²) in [5, 5.41) is 2.88. The average molecular weight is 285 g/mol. The molecule has 0 aliphatic carbocycles. The molecule has 1 aliphatic rings. The topological polar surface area (TPSA) is 64.4 Å².